The molecule has 0 saturated carbocycles. The van der Waals surface area contributed by atoms with Crippen molar-refractivity contribution in [3.63, 3.8) is 0 Å². The lowest BCUT2D eigenvalue weighted by Gasteiger charge is -2.06. The number of aromatic carboxylic acids is 1. The third-order valence-corrected chi connectivity index (χ3v) is 5.43. The van der Waals surface area contributed by atoms with E-state index in [9.17, 15) is 13.2 Å². The summed E-state index contributed by atoms with van der Waals surface area (Å²) >= 11 is 7.21. The van der Waals surface area contributed by atoms with Gasteiger partial charge in [-0.15, -0.1) is 0 Å². The van der Waals surface area contributed by atoms with Crippen LogP contribution in [0.4, 0.5) is 0 Å². The largest absolute Gasteiger partial charge is 0.478 e. The summed E-state index contributed by atoms with van der Waals surface area (Å²) in [7, 11) is -3.45. The predicted octanol–water partition coefficient (Wildman–Crippen LogP) is 2.57. The molecule has 7 heteroatoms. The van der Waals surface area contributed by atoms with Crippen molar-refractivity contribution in [3.05, 3.63) is 28.8 Å². The topological polar surface area (TPSA) is 71.4 Å². The molecule has 0 amide bonds. The van der Waals surface area contributed by atoms with E-state index in [0.717, 1.165) is 11.8 Å². The standard InChI is InChI=1S/C11H13ClO4S2/c1-2-17-5-6-18(15,16)8-3-4-10(12)9(7-8)11(13)14/h3-4,7H,2,5-6H2,1H3,(H,13,14). The van der Waals surface area contributed by atoms with E-state index in [0.29, 0.717) is 5.75 Å². The fourth-order valence-corrected chi connectivity index (χ4v) is 3.94. The molecule has 0 bridgehead atoms. The van der Waals surface area contributed by atoms with Crippen molar-refractivity contribution in [2.45, 2.75) is 11.8 Å². The molecule has 0 fully saturated rings. The van der Waals surface area contributed by atoms with Gasteiger partial charge < -0.3 is 5.11 Å². The molecule has 0 aliphatic carbocycles. The first-order valence-corrected chi connectivity index (χ1v) is 8.40. The van der Waals surface area contributed by atoms with E-state index in [1.165, 1.54) is 23.9 Å². The summed E-state index contributed by atoms with van der Waals surface area (Å²) in [6, 6.07) is 3.74. The first kappa shape index (κ1) is 15.3. The Morgan fingerprint density at radius 3 is 2.67 bits per heavy atom. The third kappa shape index (κ3) is 3.90. The van der Waals surface area contributed by atoms with Gasteiger partial charge in [-0.1, -0.05) is 18.5 Å². The van der Waals surface area contributed by atoms with E-state index in [1.807, 2.05) is 6.92 Å². The summed E-state index contributed by atoms with van der Waals surface area (Å²) in [5.74, 6) is 0.0898. The maximum absolute atomic E-state index is 11.9. The van der Waals surface area contributed by atoms with Gasteiger partial charge in [0, 0.05) is 5.75 Å². The van der Waals surface area contributed by atoms with Gasteiger partial charge in [-0.25, -0.2) is 13.2 Å². The average molecular weight is 309 g/mol. The Morgan fingerprint density at radius 2 is 2.11 bits per heavy atom. The molecule has 0 unspecified atom stereocenters. The minimum atomic E-state index is -3.45. The van der Waals surface area contributed by atoms with E-state index in [1.54, 1.807) is 0 Å². The molecule has 1 aromatic rings. The van der Waals surface area contributed by atoms with Gasteiger partial charge in [0.2, 0.25) is 0 Å². The number of rotatable bonds is 6. The lowest BCUT2D eigenvalue weighted by Crippen LogP contribution is -2.10. The van der Waals surface area contributed by atoms with Crippen LogP contribution in [-0.2, 0) is 9.84 Å². The van der Waals surface area contributed by atoms with Crippen molar-refractivity contribution in [1.82, 2.24) is 0 Å². The van der Waals surface area contributed by atoms with E-state index in [-0.39, 0.29) is 21.2 Å². The second-order valence-electron chi connectivity index (χ2n) is 3.46. The van der Waals surface area contributed by atoms with Crippen molar-refractivity contribution >= 4 is 39.2 Å². The molecule has 0 radical (unpaired) electrons. The van der Waals surface area contributed by atoms with E-state index >= 15 is 0 Å². The first-order chi connectivity index (χ1) is 8.38. The molecule has 0 aromatic heterocycles. The van der Waals surface area contributed by atoms with Gasteiger partial charge in [0.05, 0.1) is 21.2 Å². The van der Waals surface area contributed by atoms with Gasteiger partial charge in [0.25, 0.3) is 0 Å². The third-order valence-electron chi connectivity index (χ3n) is 2.23. The normalized spacial score (nSPS) is 11.4. The Labute approximate surface area is 115 Å². The smallest absolute Gasteiger partial charge is 0.337 e. The van der Waals surface area contributed by atoms with E-state index in [4.69, 9.17) is 16.7 Å². The summed E-state index contributed by atoms with van der Waals surface area (Å²) in [6.07, 6.45) is 0. The van der Waals surface area contributed by atoms with Gasteiger partial charge in [-0.05, 0) is 24.0 Å². The zero-order valence-corrected chi connectivity index (χ0v) is 12.1. The van der Waals surface area contributed by atoms with Crippen LogP contribution in [0, 0.1) is 0 Å². The molecule has 1 rings (SSSR count). The molecule has 100 valence electrons. The van der Waals surface area contributed by atoms with Crippen molar-refractivity contribution in [1.29, 1.82) is 0 Å². The van der Waals surface area contributed by atoms with Crippen molar-refractivity contribution in [2.24, 2.45) is 0 Å². The van der Waals surface area contributed by atoms with Crippen LogP contribution < -0.4 is 0 Å². The number of benzene rings is 1. The number of carboxylic acid groups (broad SMARTS) is 1. The fourth-order valence-electron chi connectivity index (χ4n) is 1.29. The van der Waals surface area contributed by atoms with Crippen LogP contribution in [-0.4, -0.2) is 36.8 Å². The SMILES string of the molecule is CCSCCS(=O)(=O)c1ccc(Cl)c(C(=O)O)c1. The highest BCUT2D eigenvalue weighted by Gasteiger charge is 2.18. The Morgan fingerprint density at radius 1 is 1.44 bits per heavy atom. The minimum Gasteiger partial charge on any atom is -0.478 e. The van der Waals surface area contributed by atoms with E-state index < -0.39 is 15.8 Å². The Balaban J connectivity index is 3.02. The molecule has 1 N–H and O–H groups in total. The van der Waals surface area contributed by atoms with Crippen LogP contribution >= 0.6 is 23.4 Å². The number of sulfone groups is 1. The predicted molar refractivity (Wildman–Crippen MR) is 73.5 cm³/mol. The zero-order chi connectivity index (χ0) is 13.8. The van der Waals surface area contributed by atoms with Crippen LogP contribution in [0.25, 0.3) is 0 Å². The van der Waals surface area contributed by atoms with E-state index in [2.05, 4.69) is 0 Å². The average Bonchev–Trinajstić information content (AvgIpc) is 2.29. The number of hydrogen-bond acceptors (Lipinski definition) is 4. The Kier molecular flexibility index (Phi) is 5.49. The molecule has 0 spiro atoms. The molecule has 0 heterocycles. The molecule has 0 aliphatic heterocycles. The summed E-state index contributed by atoms with van der Waals surface area (Å²) in [6.45, 7) is 1.95. The molecule has 4 nitrogen and oxygen atoms in total. The van der Waals surface area contributed by atoms with Gasteiger partial charge in [0.15, 0.2) is 9.84 Å². The molecule has 0 saturated heterocycles. The number of thioether (sulfide) groups is 1. The number of carboxylic acids is 1. The summed E-state index contributed by atoms with van der Waals surface area (Å²) in [5, 5.41) is 8.92. The maximum atomic E-state index is 11.9. The Hall–Kier alpha value is -0.720. The summed E-state index contributed by atoms with van der Waals surface area (Å²) in [4.78, 5) is 10.9. The first-order valence-electron chi connectivity index (χ1n) is 5.22. The van der Waals surface area contributed by atoms with Crippen molar-refractivity contribution < 1.29 is 18.3 Å². The monoisotopic (exact) mass is 308 g/mol. The van der Waals surface area contributed by atoms with Gasteiger partial charge in [-0.2, -0.15) is 11.8 Å². The fraction of sp³-hybridized carbons (Fsp3) is 0.364. The molecular formula is C11H13ClO4S2. The lowest BCUT2D eigenvalue weighted by atomic mass is 10.2. The molecule has 1 aromatic carbocycles. The van der Waals surface area contributed by atoms with Crippen molar-refractivity contribution in [3.8, 4) is 0 Å². The molecule has 0 aliphatic rings. The Bertz CT molecular complexity index is 540. The van der Waals surface area contributed by atoms with Crippen LogP contribution in [0.15, 0.2) is 23.1 Å². The number of carbonyl (C=O) groups is 1. The molecule has 0 atom stereocenters. The van der Waals surface area contributed by atoms with Gasteiger partial charge in [0.1, 0.15) is 0 Å². The minimum absolute atomic E-state index is 0.000929. The van der Waals surface area contributed by atoms with Gasteiger partial charge >= 0.3 is 5.97 Å². The van der Waals surface area contributed by atoms with Crippen LogP contribution in [0.3, 0.4) is 0 Å². The summed E-state index contributed by atoms with van der Waals surface area (Å²) < 4.78 is 23.9. The quantitative estimate of drug-likeness (QED) is 0.818. The van der Waals surface area contributed by atoms with Crippen LogP contribution in [0.2, 0.25) is 5.02 Å². The highest BCUT2D eigenvalue weighted by atomic mass is 35.5. The second-order valence-corrected chi connectivity index (χ2v) is 7.37. The molecular weight excluding hydrogens is 296 g/mol. The van der Waals surface area contributed by atoms with Crippen LogP contribution in [0.5, 0.6) is 0 Å². The van der Waals surface area contributed by atoms with Crippen LogP contribution in [0.1, 0.15) is 17.3 Å². The number of hydrogen-bond donors (Lipinski definition) is 1. The lowest BCUT2D eigenvalue weighted by molar-refractivity contribution is 0.0697. The van der Waals surface area contributed by atoms with Gasteiger partial charge in [-0.3, -0.25) is 0 Å². The number of halogens is 1. The zero-order valence-electron chi connectivity index (χ0n) is 9.72. The summed E-state index contributed by atoms with van der Waals surface area (Å²) in [5.41, 5.74) is -0.194. The van der Waals surface area contributed by atoms with Crippen molar-refractivity contribution in [2.75, 3.05) is 17.3 Å². The second kappa shape index (κ2) is 6.45. The molecule has 18 heavy (non-hydrogen) atoms. The highest BCUT2D eigenvalue weighted by molar-refractivity contribution is 8.00. The highest BCUT2D eigenvalue weighted by Crippen LogP contribution is 2.21. The maximum Gasteiger partial charge on any atom is 0.337 e.